The van der Waals surface area contributed by atoms with Crippen LogP contribution in [0.5, 0.6) is 0 Å². The maximum Gasteiger partial charge on any atom is 0.313 e. The van der Waals surface area contributed by atoms with Crippen LogP contribution < -0.4 is 0 Å². The lowest BCUT2D eigenvalue weighted by Gasteiger charge is -1.99. The smallest absolute Gasteiger partial charge is 0.313 e. The summed E-state index contributed by atoms with van der Waals surface area (Å²) in [6.45, 7) is 1.75. The van der Waals surface area contributed by atoms with Gasteiger partial charge in [0.1, 0.15) is 6.42 Å². The Morgan fingerprint density at radius 3 is 2.46 bits per heavy atom. The van der Waals surface area contributed by atoms with Gasteiger partial charge in [0.15, 0.2) is 5.78 Å². The Morgan fingerprint density at radius 2 is 2.08 bits per heavy atom. The normalized spacial score (nSPS) is 23.8. The molecular formula is C8H10F2O3. The number of carbonyl (C=O) groups excluding carboxylic acids is 2. The second-order valence-electron chi connectivity index (χ2n) is 2.97. The van der Waals surface area contributed by atoms with E-state index in [0.717, 1.165) is 0 Å². The highest BCUT2D eigenvalue weighted by Crippen LogP contribution is 2.49. The predicted octanol–water partition coefficient (Wildman–Crippen LogP) is 1.16. The van der Waals surface area contributed by atoms with Crippen LogP contribution in [0.15, 0.2) is 0 Å². The van der Waals surface area contributed by atoms with Gasteiger partial charge in [0, 0.05) is 6.42 Å². The molecule has 13 heavy (non-hydrogen) atoms. The number of esters is 1. The quantitative estimate of drug-likeness (QED) is 0.496. The van der Waals surface area contributed by atoms with Gasteiger partial charge in [-0.3, -0.25) is 9.59 Å². The van der Waals surface area contributed by atoms with Gasteiger partial charge in [-0.05, 0) is 6.92 Å². The monoisotopic (exact) mass is 192 g/mol. The molecule has 5 heteroatoms. The van der Waals surface area contributed by atoms with E-state index in [0.29, 0.717) is 0 Å². The third kappa shape index (κ3) is 2.47. The van der Waals surface area contributed by atoms with Crippen molar-refractivity contribution >= 4 is 11.8 Å². The lowest BCUT2D eigenvalue weighted by atomic mass is 10.2. The summed E-state index contributed by atoms with van der Waals surface area (Å²) in [4.78, 5) is 21.6. The number of ketones is 1. The first-order chi connectivity index (χ1) is 5.97. The zero-order valence-corrected chi connectivity index (χ0v) is 7.18. The van der Waals surface area contributed by atoms with Crippen LogP contribution >= 0.6 is 0 Å². The summed E-state index contributed by atoms with van der Waals surface area (Å²) in [5, 5.41) is 0. The minimum atomic E-state index is -2.89. The molecule has 1 fully saturated rings. The number of halogens is 2. The first kappa shape index (κ1) is 10.1. The van der Waals surface area contributed by atoms with E-state index in [2.05, 4.69) is 4.74 Å². The molecule has 1 rings (SSSR count). The summed E-state index contributed by atoms with van der Waals surface area (Å²) < 4.78 is 29.1. The van der Waals surface area contributed by atoms with E-state index < -0.39 is 36.4 Å². The molecule has 0 aromatic carbocycles. The second kappa shape index (κ2) is 3.40. The maximum absolute atomic E-state index is 12.3. The minimum absolute atomic E-state index is 0.160. The highest BCUT2D eigenvalue weighted by Gasteiger charge is 2.60. The predicted molar refractivity (Wildman–Crippen MR) is 39.3 cm³/mol. The van der Waals surface area contributed by atoms with Crippen molar-refractivity contribution in [2.45, 2.75) is 25.7 Å². The summed E-state index contributed by atoms with van der Waals surface area (Å²) >= 11 is 0. The van der Waals surface area contributed by atoms with Gasteiger partial charge < -0.3 is 4.74 Å². The number of Topliss-reactive ketones (excluding diaryl/α,β-unsaturated/α-hetero) is 1. The van der Waals surface area contributed by atoms with Gasteiger partial charge in [-0.15, -0.1) is 0 Å². The number of alkyl halides is 2. The first-order valence-corrected chi connectivity index (χ1v) is 4.03. The average molecular weight is 192 g/mol. The fourth-order valence-electron chi connectivity index (χ4n) is 1.04. The van der Waals surface area contributed by atoms with Crippen molar-refractivity contribution in [2.75, 3.05) is 6.61 Å². The van der Waals surface area contributed by atoms with E-state index >= 15 is 0 Å². The third-order valence-electron chi connectivity index (χ3n) is 1.84. The summed E-state index contributed by atoms with van der Waals surface area (Å²) in [7, 11) is 0. The molecule has 0 radical (unpaired) electrons. The summed E-state index contributed by atoms with van der Waals surface area (Å²) in [5.41, 5.74) is 0. The van der Waals surface area contributed by atoms with Crippen molar-refractivity contribution in [1.82, 2.24) is 0 Å². The van der Waals surface area contributed by atoms with Crippen LogP contribution in [-0.2, 0) is 14.3 Å². The van der Waals surface area contributed by atoms with Crippen molar-refractivity contribution in [3.63, 3.8) is 0 Å². The standard InChI is InChI=1S/C8H10F2O3/c1-2-13-7(12)3-6(11)5-4-8(5,9)10/h5H,2-4H2,1H3. The molecule has 1 saturated carbocycles. The highest BCUT2D eigenvalue weighted by atomic mass is 19.3. The third-order valence-corrected chi connectivity index (χ3v) is 1.84. The summed E-state index contributed by atoms with van der Waals surface area (Å²) in [6.07, 6.45) is -0.959. The molecule has 0 spiro atoms. The Bertz CT molecular complexity index is 238. The molecule has 74 valence electrons. The number of carbonyl (C=O) groups is 2. The van der Waals surface area contributed by atoms with E-state index in [1.807, 2.05) is 0 Å². The van der Waals surface area contributed by atoms with Crippen molar-refractivity contribution in [1.29, 1.82) is 0 Å². The van der Waals surface area contributed by atoms with Crippen molar-refractivity contribution < 1.29 is 23.1 Å². The lowest BCUT2D eigenvalue weighted by molar-refractivity contribution is -0.146. The van der Waals surface area contributed by atoms with Crippen LogP contribution in [0.25, 0.3) is 0 Å². The van der Waals surface area contributed by atoms with Crippen molar-refractivity contribution in [3.05, 3.63) is 0 Å². The highest BCUT2D eigenvalue weighted by molar-refractivity contribution is 5.98. The van der Waals surface area contributed by atoms with Gasteiger partial charge in [-0.1, -0.05) is 0 Å². The van der Waals surface area contributed by atoms with Crippen LogP contribution in [0, 0.1) is 5.92 Å². The SMILES string of the molecule is CCOC(=O)CC(=O)C1CC1(F)F. The second-order valence-corrected chi connectivity index (χ2v) is 2.97. The van der Waals surface area contributed by atoms with Gasteiger partial charge in [-0.2, -0.15) is 0 Å². The van der Waals surface area contributed by atoms with Gasteiger partial charge in [0.2, 0.25) is 0 Å². The number of ether oxygens (including phenoxy) is 1. The van der Waals surface area contributed by atoms with E-state index in [1.165, 1.54) is 0 Å². The molecule has 3 nitrogen and oxygen atoms in total. The first-order valence-electron chi connectivity index (χ1n) is 4.03. The fraction of sp³-hybridized carbons (Fsp3) is 0.750. The maximum atomic E-state index is 12.3. The Morgan fingerprint density at radius 1 is 1.54 bits per heavy atom. The number of hydrogen-bond acceptors (Lipinski definition) is 3. The lowest BCUT2D eigenvalue weighted by Crippen LogP contribution is -2.15. The van der Waals surface area contributed by atoms with Crippen LogP contribution in [0.2, 0.25) is 0 Å². The minimum Gasteiger partial charge on any atom is -0.466 e. The molecule has 0 saturated heterocycles. The molecule has 0 heterocycles. The van der Waals surface area contributed by atoms with E-state index in [4.69, 9.17) is 0 Å². The summed E-state index contributed by atoms with van der Waals surface area (Å²) in [5.74, 6) is -5.58. The van der Waals surface area contributed by atoms with Gasteiger partial charge in [0.25, 0.3) is 5.92 Å². The molecule has 1 atom stereocenters. The van der Waals surface area contributed by atoms with Gasteiger partial charge in [-0.25, -0.2) is 8.78 Å². The Hall–Kier alpha value is -1.00. The zero-order chi connectivity index (χ0) is 10.1. The molecular weight excluding hydrogens is 182 g/mol. The molecule has 0 amide bonds. The van der Waals surface area contributed by atoms with Crippen LogP contribution in [0.3, 0.4) is 0 Å². The van der Waals surface area contributed by atoms with Crippen LogP contribution in [0.4, 0.5) is 8.78 Å². The Balaban J connectivity index is 2.31. The Labute approximate surface area is 74.1 Å². The van der Waals surface area contributed by atoms with Gasteiger partial charge in [0.05, 0.1) is 12.5 Å². The largest absolute Gasteiger partial charge is 0.466 e. The van der Waals surface area contributed by atoms with E-state index in [1.54, 1.807) is 6.92 Å². The molecule has 1 aliphatic carbocycles. The Kier molecular flexibility index (Phi) is 2.63. The van der Waals surface area contributed by atoms with Crippen LogP contribution in [0.1, 0.15) is 19.8 Å². The van der Waals surface area contributed by atoms with Crippen LogP contribution in [-0.4, -0.2) is 24.3 Å². The molecule has 0 aliphatic heterocycles. The average Bonchev–Trinajstić information content (AvgIpc) is 2.60. The van der Waals surface area contributed by atoms with E-state index in [9.17, 15) is 18.4 Å². The number of hydrogen-bond donors (Lipinski definition) is 0. The molecule has 0 bridgehead atoms. The molecule has 1 unspecified atom stereocenters. The topological polar surface area (TPSA) is 43.4 Å². The molecule has 1 aliphatic rings. The fourth-order valence-corrected chi connectivity index (χ4v) is 1.04. The van der Waals surface area contributed by atoms with E-state index in [-0.39, 0.29) is 6.61 Å². The van der Waals surface area contributed by atoms with Crippen molar-refractivity contribution in [2.24, 2.45) is 5.92 Å². The molecule has 0 aromatic rings. The molecule has 0 aromatic heterocycles. The van der Waals surface area contributed by atoms with Gasteiger partial charge >= 0.3 is 5.97 Å². The summed E-state index contributed by atoms with van der Waals surface area (Å²) in [6, 6.07) is 0. The van der Waals surface area contributed by atoms with Crippen molar-refractivity contribution in [3.8, 4) is 0 Å². The number of rotatable bonds is 4. The molecule has 0 N–H and O–H groups in total. The zero-order valence-electron chi connectivity index (χ0n) is 7.18.